The Kier molecular flexibility index (Phi) is 7.92. The number of guanidine groups is 1. The van der Waals surface area contributed by atoms with Crippen LogP contribution < -0.4 is 10.6 Å². The molecule has 0 heterocycles. The first-order valence-electron chi connectivity index (χ1n) is 8.85. The van der Waals surface area contributed by atoms with Crippen molar-refractivity contribution in [2.75, 3.05) is 33.1 Å². The zero-order valence-electron chi connectivity index (χ0n) is 15.2. The highest BCUT2D eigenvalue weighted by molar-refractivity contribution is 7.98. The fourth-order valence-corrected chi connectivity index (χ4v) is 3.43. The van der Waals surface area contributed by atoms with Crippen LogP contribution in [0, 0.1) is 5.41 Å². The van der Waals surface area contributed by atoms with Crippen molar-refractivity contribution in [1.82, 2.24) is 10.6 Å². The van der Waals surface area contributed by atoms with E-state index < -0.39 is 0 Å². The minimum atomic E-state index is 0.395. The number of aliphatic imine (C=N–C) groups is 1. The molecule has 1 aliphatic rings. The molecule has 0 aliphatic heterocycles. The second-order valence-corrected chi connectivity index (χ2v) is 7.37. The predicted molar refractivity (Wildman–Crippen MR) is 104 cm³/mol. The molecule has 1 fully saturated rings. The Balaban J connectivity index is 1.89. The lowest BCUT2D eigenvalue weighted by molar-refractivity contribution is 0.0732. The van der Waals surface area contributed by atoms with Crippen LogP contribution in [0.15, 0.2) is 34.2 Å². The molecule has 24 heavy (non-hydrogen) atoms. The number of methoxy groups -OCH3 is 1. The number of thioether (sulfide) groups is 1. The second kappa shape index (κ2) is 9.94. The van der Waals surface area contributed by atoms with Crippen LogP contribution in [0.4, 0.5) is 0 Å². The third-order valence-corrected chi connectivity index (χ3v) is 5.55. The van der Waals surface area contributed by atoms with Gasteiger partial charge in [0.2, 0.25) is 0 Å². The third kappa shape index (κ3) is 5.71. The number of hydrogen-bond donors (Lipinski definition) is 2. The zero-order chi connectivity index (χ0) is 17.3. The standard InChI is InChI=1S/C19H31N3OS/c1-4-20-18(21-14-16-6-8-17(24-3)9-7-16)22-15-19(10-5-11-19)12-13-23-2/h6-9H,4-5,10-15H2,1-3H3,(H2,20,21,22). The molecular formula is C19H31N3OS. The molecule has 0 atom stereocenters. The fraction of sp³-hybridized carbons (Fsp3) is 0.632. The van der Waals surface area contributed by atoms with Gasteiger partial charge in [-0.3, -0.25) is 0 Å². The Bertz CT molecular complexity index is 512. The average Bonchev–Trinajstić information content (AvgIpc) is 2.58. The number of nitrogens with one attached hydrogen (secondary N) is 2. The van der Waals surface area contributed by atoms with Crippen LogP contribution in [0.3, 0.4) is 0 Å². The molecule has 5 heteroatoms. The van der Waals surface area contributed by atoms with Gasteiger partial charge in [-0.05, 0) is 55.6 Å². The molecule has 1 aromatic rings. The Morgan fingerprint density at radius 1 is 1.25 bits per heavy atom. The molecule has 4 nitrogen and oxygen atoms in total. The summed E-state index contributed by atoms with van der Waals surface area (Å²) in [5, 5.41) is 6.90. The maximum atomic E-state index is 5.28. The summed E-state index contributed by atoms with van der Waals surface area (Å²) in [6.07, 6.45) is 7.14. The van der Waals surface area contributed by atoms with Gasteiger partial charge in [-0.25, -0.2) is 4.99 Å². The monoisotopic (exact) mass is 349 g/mol. The first-order chi connectivity index (χ1) is 11.7. The molecule has 0 unspecified atom stereocenters. The van der Waals surface area contributed by atoms with Crippen LogP contribution in [0.25, 0.3) is 0 Å². The number of benzene rings is 1. The van der Waals surface area contributed by atoms with Crippen molar-refractivity contribution in [3.63, 3.8) is 0 Å². The van der Waals surface area contributed by atoms with Crippen molar-refractivity contribution >= 4 is 17.7 Å². The van der Waals surface area contributed by atoms with E-state index in [0.717, 1.165) is 32.1 Å². The number of ether oxygens (including phenoxy) is 1. The summed E-state index contributed by atoms with van der Waals surface area (Å²) in [6.45, 7) is 5.51. The van der Waals surface area contributed by atoms with Gasteiger partial charge in [-0.15, -0.1) is 11.8 Å². The lowest BCUT2D eigenvalue weighted by atomic mass is 9.67. The highest BCUT2D eigenvalue weighted by Gasteiger charge is 2.36. The molecule has 0 bridgehead atoms. The lowest BCUT2D eigenvalue weighted by Gasteiger charge is -2.42. The maximum Gasteiger partial charge on any atom is 0.191 e. The van der Waals surface area contributed by atoms with Gasteiger partial charge < -0.3 is 15.4 Å². The zero-order valence-corrected chi connectivity index (χ0v) is 16.0. The second-order valence-electron chi connectivity index (χ2n) is 6.49. The first-order valence-corrected chi connectivity index (χ1v) is 10.1. The molecule has 0 spiro atoms. The van der Waals surface area contributed by atoms with Crippen molar-refractivity contribution in [3.8, 4) is 0 Å². The van der Waals surface area contributed by atoms with Crippen molar-refractivity contribution in [1.29, 1.82) is 0 Å². The van der Waals surface area contributed by atoms with Gasteiger partial charge >= 0.3 is 0 Å². The Hall–Kier alpha value is -1.20. The van der Waals surface area contributed by atoms with Crippen LogP contribution in [0.1, 0.15) is 38.2 Å². The topological polar surface area (TPSA) is 45.7 Å². The van der Waals surface area contributed by atoms with E-state index in [4.69, 9.17) is 9.73 Å². The molecule has 2 rings (SSSR count). The van der Waals surface area contributed by atoms with Crippen LogP contribution in [-0.4, -0.2) is 39.0 Å². The van der Waals surface area contributed by atoms with Crippen LogP contribution in [0.2, 0.25) is 0 Å². The van der Waals surface area contributed by atoms with E-state index in [2.05, 4.69) is 48.1 Å². The molecule has 1 aliphatic carbocycles. The van der Waals surface area contributed by atoms with E-state index in [1.54, 1.807) is 18.9 Å². The summed E-state index contributed by atoms with van der Waals surface area (Å²) in [7, 11) is 1.79. The molecule has 0 saturated heterocycles. The summed E-state index contributed by atoms with van der Waals surface area (Å²) >= 11 is 1.77. The highest BCUT2D eigenvalue weighted by atomic mass is 32.2. The Morgan fingerprint density at radius 2 is 2.00 bits per heavy atom. The SMILES string of the molecule is CCNC(=NCc1ccc(SC)cc1)NCC1(CCOC)CCC1. The van der Waals surface area contributed by atoms with Gasteiger partial charge in [0, 0.05) is 31.7 Å². The molecule has 1 saturated carbocycles. The molecule has 0 radical (unpaired) electrons. The molecule has 0 amide bonds. The number of nitrogens with zero attached hydrogens (tertiary/aromatic N) is 1. The van der Waals surface area contributed by atoms with Crippen molar-refractivity contribution in [2.24, 2.45) is 10.4 Å². The minimum Gasteiger partial charge on any atom is -0.385 e. The average molecular weight is 350 g/mol. The number of rotatable bonds is 9. The van der Waals surface area contributed by atoms with Gasteiger partial charge in [-0.1, -0.05) is 18.6 Å². The molecule has 0 aromatic heterocycles. The fourth-order valence-electron chi connectivity index (χ4n) is 3.02. The van der Waals surface area contributed by atoms with Gasteiger partial charge in [0.05, 0.1) is 6.54 Å². The van der Waals surface area contributed by atoms with E-state index in [-0.39, 0.29) is 0 Å². The van der Waals surface area contributed by atoms with E-state index in [9.17, 15) is 0 Å². The van der Waals surface area contributed by atoms with Gasteiger partial charge in [0.15, 0.2) is 5.96 Å². The molecule has 1 aromatic carbocycles. The predicted octanol–water partition coefficient (Wildman–Crippen LogP) is 3.67. The normalized spacial score (nSPS) is 16.5. The van der Waals surface area contributed by atoms with E-state index >= 15 is 0 Å². The van der Waals surface area contributed by atoms with Crippen molar-refractivity contribution in [2.45, 2.75) is 44.0 Å². The van der Waals surface area contributed by atoms with E-state index in [0.29, 0.717) is 12.0 Å². The lowest BCUT2D eigenvalue weighted by Crippen LogP contribution is -2.46. The summed E-state index contributed by atoms with van der Waals surface area (Å²) in [4.78, 5) is 6.03. The summed E-state index contributed by atoms with van der Waals surface area (Å²) in [5.74, 6) is 0.912. The molecule has 2 N–H and O–H groups in total. The number of hydrogen-bond acceptors (Lipinski definition) is 3. The molecule has 134 valence electrons. The van der Waals surface area contributed by atoms with E-state index in [1.807, 2.05) is 0 Å². The van der Waals surface area contributed by atoms with Crippen LogP contribution >= 0.6 is 11.8 Å². The largest absolute Gasteiger partial charge is 0.385 e. The maximum absolute atomic E-state index is 5.28. The summed E-state index contributed by atoms with van der Waals surface area (Å²) < 4.78 is 5.28. The van der Waals surface area contributed by atoms with Crippen LogP contribution in [-0.2, 0) is 11.3 Å². The summed E-state index contributed by atoms with van der Waals surface area (Å²) in [6, 6.07) is 8.63. The smallest absolute Gasteiger partial charge is 0.191 e. The molecular weight excluding hydrogens is 318 g/mol. The quantitative estimate of drug-likeness (QED) is 0.406. The van der Waals surface area contributed by atoms with E-state index in [1.165, 1.54) is 29.7 Å². The Labute approximate surface area is 150 Å². The van der Waals surface area contributed by atoms with Crippen molar-refractivity contribution in [3.05, 3.63) is 29.8 Å². The minimum absolute atomic E-state index is 0.395. The highest BCUT2D eigenvalue weighted by Crippen LogP contribution is 2.43. The third-order valence-electron chi connectivity index (χ3n) is 4.80. The van der Waals surface area contributed by atoms with Gasteiger partial charge in [0.25, 0.3) is 0 Å². The first kappa shape index (κ1) is 19.1. The van der Waals surface area contributed by atoms with Crippen molar-refractivity contribution < 1.29 is 4.74 Å². The Morgan fingerprint density at radius 3 is 2.54 bits per heavy atom. The summed E-state index contributed by atoms with van der Waals surface area (Å²) in [5.41, 5.74) is 1.63. The van der Waals surface area contributed by atoms with Gasteiger partial charge in [0.1, 0.15) is 0 Å². The van der Waals surface area contributed by atoms with Crippen LogP contribution in [0.5, 0.6) is 0 Å². The van der Waals surface area contributed by atoms with Gasteiger partial charge in [-0.2, -0.15) is 0 Å².